The summed E-state index contributed by atoms with van der Waals surface area (Å²) >= 11 is 0. The van der Waals surface area contributed by atoms with E-state index in [-0.39, 0.29) is 16.0 Å². The number of amides is 1. The zero-order valence-electron chi connectivity index (χ0n) is 23.6. The van der Waals surface area contributed by atoms with Crippen LogP contribution in [0, 0.1) is 33.3 Å². The standard InChI is InChI=1S/C27H41N3O4.C2H2O4/c1-3-10-29(12-8-23-16-24(34-2)6-7-25(23)30(32)33)11-5-4-9-28-26(31)27-17-20-13-21(18-27)15-22(14-20)19-27;3-1(4)2(5)6/h6-7,16,20-22H,3-5,8-15,17-19H2,1-2H3,(H,28,31);(H,3,4)(H,5,6). The Balaban J connectivity index is 0.000000663. The molecule has 4 bridgehead atoms. The molecule has 0 spiro atoms. The lowest BCUT2D eigenvalue weighted by atomic mass is 9.49. The highest BCUT2D eigenvalue weighted by Gasteiger charge is 2.54. The molecule has 3 N–H and O–H groups in total. The number of nitrogens with one attached hydrogen (secondary N) is 1. The third-order valence-corrected chi connectivity index (χ3v) is 8.61. The second-order valence-corrected chi connectivity index (χ2v) is 11.6. The molecule has 40 heavy (non-hydrogen) atoms. The predicted molar refractivity (Wildman–Crippen MR) is 148 cm³/mol. The average molecular weight is 562 g/mol. The Kier molecular flexibility index (Phi) is 11.3. The second-order valence-electron chi connectivity index (χ2n) is 11.6. The van der Waals surface area contributed by atoms with E-state index in [0.29, 0.717) is 23.6 Å². The van der Waals surface area contributed by atoms with Crippen molar-refractivity contribution in [2.45, 2.75) is 71.1 Å². The number of ether oxygens (including phenoxy) is 1. The topological polar surface area (TPSA) is 159 Å². The molecule has 1 amide bonds. The van der Waals surface area contributed by atoms with Crippen LogP contribution in [0.5, 0.6) is 5.75 Å². The van der Waals surface area contributed by atoms with E-state index in [1.807, 2.05) is 0 Å². The number of carboxylic acid groups (broad SMARTS) is 2. The van der Waals surface area contributed by atoms with Gasteiger partial charge in [0.2, 0.25) is 5.91 Å². The van der Waals surface area contributed by atoms with Crippen LogP contribution in [0.25, 0.3) is 0 Å². The number of carbonyl (C=O) groups excluding carboxylic acids is 1. The summed E-state index contributed by atoms with van der Waals surface area (Å²) in [7, 11) is 1.58. The van der Waals surface area contributed by atoms with Gasteiger partial charge in [0.15, 0.2) is 0 Å². The zero-order valence-corrected chi connectivity index (χ0v) is 23.6. The maximum atomic E-state index is 13.1. The summed E-state index contributed by atoms with van der Waals surface area (Å²) in [5, 5.41) is 29.5. The molecule has 4 saturated carbocycles. The molecule has 4 aliphatic rings. The molecule has 0 aromatic heterocycles. The molecule has 1 aromatic carbocycles. The largest absolute Gasteiger partial charge is 0.497 e. The average Bonchev–Trinajstić information content (AvgIpc) is 2.90. The van der Waals surface area contributed by atoms with Crippen molar-refractivity contribution in [3.8, 4) is 5.75 Å². The number of hydrogen-bond acceptors (Lipinski definition) is 7. The van der Waals surface area contributed by atoms with E-state index in [9.17, 15) is 14.9 Å². The van der Waals surface area contributed by atoms with Gasteiger partial charge < -0.3 is 25.2 Å². The molecule has 4 aliphatic carbocycles. The van der Waals surface area contributed by atoms with Crippen molar-refractivity contribution in [1.29, 1.82) is 0 Å². The Morgan fingerprint density at radius 1 is 1.02 bits per heavy atom. The molecule has 4 fully saturated rings. The predicted octanol–water partition coefficient (Wildman–Crippen LogP) is 4.13. The molecule has 0 atom stereocenters. The van der Waals surface area contributed by atoms with Crippen molar-refractivity contribution in [2.24, 2.45) is 23.2 Å². The van der Waals surface area contributed by atoms with Crippen LogP contribution in [0.1, 0.15) is 70.3 Å². The molecule has 11 nitrogen and oxygen atoms in total. The Labute approximate surface area is 235 Å². The first-order valence-electron chi connectivity index (χ1n) is 14.3. The van der Waals surface area contributed by atoms with E-state index < -0.39 is 11.9 Å². The number of aliphatic carboxylic acids is 2. The third-order valence-electron chi connectivity index (χ3n) is 8.61. The molecule has 0 unspecified atom stereocenters. The highest BCUT2D eigenvalue weighted by molar-refractivity contribution is 6.27. The first kappa shape index (κ1) is 31.3. The van der Waals surface area contributed by atoms with Crippen LogP contribution in [0.2, 0.25) is 0 Å². The number of methoxy groups -OCH3 is 1. The van der Waals surface area contributed by atoms with E-state index in [1.54, 1.807) is 19.2 Å². The van der Waals surface area contributed by atoms with Gasteiger partial charge in [-0.3, -0.25) is 14.9 Å². The van der Waals surface area contributed by atoms with Gasteiger partial charge in [-0.2, -0.15) is 0 Å². The summed E-state index contributed by atoms with van der Waals surface area (Å²) < 4.78 is 5.26. The lowest BCUT2D eigenvalue weighted by Crippen LogP contribution is -2.53. The number of carbonyl (C=O) groups is 3. The number of nitrogens with zero attached hydrogens (tertiary/aromatic N) is 2. The van der Waals surface area contributed by atoms with Gasteiger partial charge in [-0.1, -0.05) is 6.92 Å². The van der Waals surface area contributed by atoms with Crippen LogP contribution < -0.4 is 10.1 Å². The van der Waals surface area contributed by atoms with Crippen molar-refractivity contribution < 1.29 is 34.3 Å². The van der Waals surface area contributed by atoms with Crippen LogP contribution in [0.15, 0.2) is 18.2 Å². The number of carboxylic acids is 2. The zero-order chi connectivity index (χ0) is 29.3. The van der Waals surface area contributed by atoms with Gasteiger partial charge in [0.05, 0.1) is 12.0 Å². The van der Waals surface area contributed by atoms with Gasteiger partial charge in [-0.15, -0.1) is 0 Å². The molecule has 5 rings (SSSR count). The van der Waals surface area contributed by atoms with E-state index in [1.165, 1.54) is 25.3 Å². The van der Waals surface area contributed by atoms with Crippen LogP contribution >= 0.6 is 0 Å². The molecule has 1 aromatic rings. The summed E-state index contributed by atoms with van der Waals surface area (Å²) in [5.41, 5.74) is 0.812. The molecule has 11 heteroatoms. The lowest BCUT2D eigenvalue weighted by molar-refractivity contribution is -0.385. The summed E-state index contributed by atoms with van der Waals surface area (Å²) in [6.45, 7) is 5.60. The van der Waals surface area contributed by atoms with Gasteiger partial charge in [0.1, 0.15) is 5.75 Å². The lowest BCUT2D eigenvalue weighted by Gasteiger charge is -2.55. The van der Waals surface area contributed by atoms with Crippen LogP contribution in [0.4, 0.5) is 5.69 Å². The third kappa shape index (κ3) is 8.39. The van der Waals surface area contributed by atoms with Crippen molar-refractivity contribution in [2.75, 3.05) is 33.3 Å². The fourth-order valence-corrected chi connectivity index (χ4v) is 7.24. The molecule has 0 heterocycles. The van der Waals surface area contributed by atoms with E-state index in [0.717, 1.165) is 82.5 Å². The van der Waals surface area contributed by atoms with E-state index in [2.05, 4.69) is 17.1 Å². The van der Waals surface area contributed by atoms with Gasteiger partial charge in [-0.05, 0) is 107 Å². The number of rotatable bonds is 13. The number of unbranched alkanes of at least 4 members (excludes halogenated alkanes) is 1. The molecular formula is C29H43N3O8. The Morgan fingerprint density at radius 2 is 1.62 bits per heavy atom. The Hall–Kier alpha value is -3.21. The normalized spacial score (nSPS) is 24.2. The summed E-state index contributed by atoms with van der Waals surface area (Å²) in [4.78, 5) is 44.8. The number of benzene rings is 1. The quantitative estimate of drug-likeness (QED) is 0.139. The van der Waals surface area contributed by atoms with Crippen LogP contribution in [-0.4, -0.2) is 71.2 Å². The Morgan fingerprint density at radius 3 is 2.12 bits per heavy atom. The molecular weight excluding hydrogens is 518 g/mol. The summed E-state index contributed by atoms with van der Waals surface area (Å²) in [6.07, 6.45) is 11.1. The van der Waals surface area contributed by atoms with Crippen molar-refractivity contribution in [3.63, 3.8) is 0 Å². The summed E-state index contributed by atoms with van der Waals surface area (Å²) in [6, 6.07) is 4.95. The van der Waals surface area contributed by atoms with Gasteiger partial charge in [-0.25, -0.2) is 9.59 Å². The fraction of sp³-hybridized carbons (Fsp3) is 0.690. The minimum Gasteiger partial charge on any atom is -0.497 e. The number of nitro groups is 1. The number of nitro benzene ring substituents is 1. The van der Waals surface area contributed by atoms with E-state index in [4.69, 9.17) is 24.5 Å². The first-order chi connectivity index (χ1) is 19.1. The van der Waals surface area contributed by atoms with Crippen molar-refractivity contribution in [3.05, 3.63) is 33.9 Å². The molecule has 0 aliphatic heterocycles. The summed E-state index contributed by atoms with van der Waals surface area (Å²) in [5.74, 6) is -0.301. The van der Waals surface area contributed by atoms with Gasteiger partial charge in [0, 0.05) is 30.1 Å². The molecule has 0 radical (unpaired) electrons. The maximum Gasteiger partial charge on any atom is 0.414 e. The Bertz CT molecular complexity index is 1010. The first-order valence-corrected chi connectivity index (χ1v) is 14.3. The smallest absolute Gasteiger partial charge is 0.414 e. The number of hydrogen-bond donors (Lipinski definition) is 3. The maximum absolute atomic E-state index is 13.1. The van der Waals surface area contributed by atoms with Crippen molar-refractivity contribution in [1.82, 2.24) is 10.2 Å². The minimum atomic E-state index is -1.82. The van der Waals surface area contributed by atoms with Crippen LogP contribution in [-0.2, 0) is 20.8 Å². The van der Waals surface area contributed by atoms with Gasteiger partial charge >= 0.3 is 11.9 Å². The highest BCUT2D eigenvalue weighted by Crippen LogP contribution is 2.60. The SMILES string of the molecule is CCCN(CCCCNC(=O)C12CC3CC(CC(C3)C1)C2)CCc1cc(OC)ccc1[N+](=O)[O-].O=C(O)C(=O)O. The van der Waals surface area contributed by atoms with Crippen molar-refractivity contribution >= 4 is 23.5 Å². The second kappa shape index (κ2) is 14.4. The monoisotopic (exact) mass is 561 g/mol. The van der Waals surface area contributed by atoms with E-state index >= 15 is 0 Å². The van der Waals surface area contributed by atoms with Gasteiger partial charge in [0.25, 0.3) is 5.69 Å². The minimum absolute atomic E-state index is 0.0611. The molecule has 0 saturated heterocycles. The van der Waals surface area contributed by atoms with Crippen LogP contribution in [0.3, 0.4) is 0 Å². The highest BCUT2D eigenvalue weighted by atomic mass is 16.6. The molecule has 222 valence electrons. The fourth-order valence-electron chi connectivity index (χ4n) is 7.24.